The quantitative estimate of drug-likeness (QED) is 0.185. The van der Waals surface area contributed by atoms with Crippen molar-refractivity contribution in [1.82, 2.24) is 9.97 Å². The van der Waals surface area contributed by atoms with Crippen LogP contribution in [0.5, 0.6) is 11.5 Å². The molecule has 1 aliphatic heterocycles. The molecule has 0 N–H and O–H groups in total. The average molecular weight is 689 g/mol. The summed E-state index contributed by atoms with van der Waals surface area (Å²) in [6.07, 6.45) is 0. The summed E-state index contributed by atoms with van der Waals surface area (Å²) < 4.78 is 6.95. The van der Waals surface area contributed by atoms with E-state index in [0.717, 1.165) is 61.7 Å². The molecule has 2 heterocycles. The molecule has 1 aromatic heterocycles. The first-order valence-electron chi connectivity index (χ1n) is 18.4. The molecule has 54 heavy (non-hydrogen) atoms. The molecular formula is C51H32N2O. The van der Waals surface area contributed by atoms with Gasteiger partial charge >= 0.3 is 0 Å². The van der Waals surface area contributed by atoms with E-state index in [2.05, 4.69) is 158 Å². The Balaban J connectivity index is 1.07. The molecular weight excluding hydrogens is 657 g/mol. The number of ether oxygens (including phenoxy) is 1. The molecule has 0 radical (unpaired) electrons. The largest absolute Gasteiger partial charge is 0.456 e. The van der Waals surface area contributed by atoms with E-state index in [-0.39, 0.29) is 0 Å². The van der Waals surface area contributed by atoms with Crippen LogP contribution in [0.3, 0.4) is 0 Å². The minimum Gasteiger partial charge on any atom is -0.456 e. The van der Waals surface area contributed by atoms with E-state index in [0.29, 0.717) is 5.82 Å². The van der Waals surface area contributed by atoms with Gasteiger partial charge in [-0.2, -0.15) is 0 Å². The van der Waals surface area contributed by atoms with Crippen molar-refractivity contribution in [2.24, 2.45) is 0 Å². The van der Waals surface area contributed by atoms with Gasteiger partial charge in [0.15, 0.2) is 5.82 Å². The van der Waals surface area contributed by atoms with Gasteiger partial charge in [0.05, 0.1) is 16.8 Å². The number of fused-ring (bicyclic) bond motifs is 11. The second kappa shape index (κ2) is 12.0. The summed E-state index contributed by atoms with van der Waals surface area (Å²) >= 11 is 0. The van der Waals surface area contributed by atoms with Crippen LogP contribution in [0.2, 0.25) is 0 Å². The lowest BCUT2D eigenvalue weighted by molar-refractivity contribution is 0.442. The smallest absolute Gasteiger partial charge is 0.160 e. The molecule has 0 atom stereocenters. The number of nitrogens with zero attached hydrogens (tertiary/aromatic N) is 2. The lowest BCUT2D eigenvalue weighted by atomic mass is 9.65. The molecule has 252 valence electrons. The van der Waals surface area contributed by atoms with E-state index < -0.39 is 5.41 Å². The maximum Gasteiger partial charge on any atom is 0.160 e. The van der Waals surface area contributed by atoms with Gasteiger partial charge in [0, 0.05) is 33.2 Å². The minimum atomic E-state index is -0.546. The van der Waals surface area contributed by atoms with Crippen molar-refractivity contribution in [3.63, 3.8) is 0 Å². The lowest BCUT2D eigenvalue weighted by Crippen LogP contribution is -2.32. The Morgan fingerprint density at radius 3 is 1.59 bits per heavy atom. The summed E-state index contributed by atoms with van der Waals surface area (Å²) in [5, 5.41) is 2.29. The average Bonchev–Trinajstić information content (AvgIpc) is 3.54. The van der Waals surface area contributed by atoms with E-state index in [1.807, 2.05) is 36.4 Å². The zero-order chi connectivity index (χ0) is 35.6. The number of hydrogen-bond acceptors (Lipinski definition) is 3. The zero-order valence-electron chi connectivity index (χ0n) is 29.3. The Labute approximate surface area is 313 Å². The highest BCUT2D eigenvalue weighted by Gasteiger charge is 2.51. The number of rotatable bonds is 4. The highest BCUT2D eigenvalue weighted by molar-refractivity contribution is 5.96. The van der Waals surface area contributed by atoms with Gasteiger partial charge in [0.25, 0.3) is 0 Å². The Kier molecular flexibility index (Phi) is 6.77. The van der Waals surface area contributed by atoms with Crippen LogP contribution >= 0.6 is 0 Å². The Hall–Kier alpha value is -7.10. The van der Waals surface area contributed by atoms with E-state index in [9.17, 15) is 0 Å². The first kappa shape index (κ1) is 30.5. The van der Waals surface area contributed by atoms with Crippen molar-refractivity contribution >= 4 is 10.8 Å². The van der Waals surface area contributed by atoms with Crippen LogP contribution in [0.15, 0.2) is 194 Å². The van der Waals surface area contributed by atoms with E-state index in [4.69, 9.17) is 14.7 Å². The SMILES string of the molecule is c1ccc(-c2cc(-c3ccccc3)nc(-c3ccc(-c4ccc5c(c4)C4(c6ccccc6-c6ccccc64)c4ccc6ccccc6c4O5)cc3)n2)cc1. The van der Waals surface area contributed by atoms with E-state index in [1.165, 1.54) is 33.2 Å². The van der Waals surface area contributed by atoms with Crippen LogP contribution in [0.1, 0.15) is 22.3 Å². The fourth-order valence-corrected chi connectivity index (χ4v) is 8.71. The molecule has 11 rings (SSSR count). The van der Waals surface area contributed by atoms with Crippen LogP contribution in [0.25, 0.3) is 66.9 Å². The van der Waals surface area contributed by atoms with Crippen molar-refractivity contribution in [2.45, 2.75) is 5.41 Å². The minimum absolute atomic E-state index is 0.546. The van der Waals surface area contributed by atoms with Crippen molar-refractivity contribution < 1.29 is 4.74 Å². The number of hydrogen-bond donors (Lipinski definition) is 0. The Morgan fingerprint density at radius 2 is 0.926 bits per heavy atom. The second-order valence-electron chi connectivity index (χ2n) is 14.1. The van der Waals surface area contributed by atoms with Crippen molar-refractivity contribution in [1.29, 1.82) is 0 Å². The van der Waals surface area contributed by atoms with E-state index in [1.54, 1.807) is 0 Å². The molecule has 0 saturated heterocycles. The van der Waals surface area contributed by atoms with E-state index >= 15 is 0 Å². The fraction of sp³-hybridized carbons (Fsp3) is 0.0196. The molecule has 3 heteroatoms. The fourth-order valence-electron chi connectivity index (χ4n) is 8.71. The molecule has 0 unspecified atom stereocenters. The molecule has 0 amide bonds. The van der Waals surface area contributed by atoms with Gasteiger partial charge in [-0.05, 0) is 57.0 Å². The predicted octanol–water partition coefficient (Wildman–Crippen LogP) is 12.8. The molecule has 9 aromatic rings. The normalized spacial score (nSPS) is 13.1. The molecule has 1 spiro atoms. The first-order valence-corrected chi connectivity index (χ1v) is 18.4. The van der Waals surface area contributed by atoms with Crippen molar-refractivity contribution in [2.75, 3.05) is 0 Å². The van der Waals surface area contributed by atoms with Crippen LogP contribution in [-0.4, -0.2) is 9.97 Å². The predicted molar refractivity (Wildman–Crippen MR) is 219 cm³/mol. The standard InChI is InChI=1S/C51H32N2O/c1-3-14-35(15-4-1)46-32-47(36-16-5-2-6-17-36)53-50(52-46)37-25-23-33(24-26-37)38-28-30-48-45(31-38)51(44-29-27-34-13-7-8-18-39(34)49(44)54-48)42-21-11-9-19-40(42)41-20-10-12-22-43(41)51/h1-32H. The molecule has 2 aliphatic rings. The third kappa shape index (κ3) is 4.55. The lowest BCUT2D eigenvalue weighted by Gasteiger charge is -2.40. The molecule has 3 nitrogen and oxygen atoms in total. The molecule has 0 bridgehead atoms. The zero-order valence-corrected chi connectivity index (χ0v) is 29.3. The topological polar surface area (TPSA) is 35.0 Å². The molecule has 8 aromatic carbocycles. The molecule has 0 saturated carbocycles. The van der Waals surface area contributed by atoms with Gasteiger partial charge in [0.2, 0.25) is 0 Å². The van der Waals surface area contributed by atoms with Crippen molar-refractivity contribution in [3.05, 3.63) is 216 Å². The van der Waals surface area contributed by atoms with Gasteiger partial charge < -0.3 is 4.74 Å². The summed E-state index contributed by atoms with van der Waals surface area (Å²) in [4.78, 5) is 10.1. The summed E-state index contributed by atoms with van der Waals surface area (Å²) in [5.41, 5.74) is 14.0. The summed E-state index contributed by atoms with van der Waals surface area (Å²) in [6, 6.07) is 68.9. The highest BCUT2D eigenvalue weighted by atomic mass is 16.5. The number of benzene rings is 8. The monoisotopic (exact) mass is 688 g/mol. The Bertz CT molecular complexity index is 2790. The van der Waals surface area contributed by atoms with Gasteiger partial charge in [-0.3, -0.25) is 0 Å². The summed E-state index contributed by atoms with van der Waals surface area (Å²) in [7, 11) is 0. The maximum absolute atomic E-state index is 6.95. The third-order valence-electron chi connectivity index (χ3n) is 11.2. The molecule has 1 aliphatic carbocycles. The van der Waals surface area contributed by atoms with Gasteiger partial charge in [-0.25, -0.2) is 9.97 Å². The van der Waals surface area contributed by atoms with Gasteiger partial charge in [0.1, 0.15) is 11.5 Å². The van der Waals surface area contributed by atoms with Gasteiger partial charge in [-0.15, -0.1) is 0 Å². The van der Waals surface area contributed by atoms with Crippen LogP contribution < -0.4 is 4.74 Å². The first-order chi connectivity index (χ1) is 26.8. The van der Waals surface area contributed by atoms with Crippen LogP contribution in [0.4, 0.5) is 0 Å². The van der Waals surface area contributed by atoms with Gasteiger partial charge in [-0.1, -0.05) is 176 Å². The Morgan fingerprint density at radius 1 is 0.370 bits per heavy atom. The second-order valence-corrected chi connectivity index (χ2v) is 14.1. The maximum atomic E-state index is 6.95. The molecule has 0 fully saturated rings. The highest BCUT2D eigenvalue weighted by Crippen LogP contribution is 2.63. The van der Waals surface area contributed by atoms with Crippen LogP contribution in [-0.2, 0) is 5.41 Å². The summed E-state index contributed by atoms with van der Waals surface area (Å²) in [6.45, 7) is 0. The van der Waals surface area contributed by atoms with Crippen LogP contribution in [0, 0.1) is 0 Å². The van der Waals surface area contributed by atoms with Crippen molar-refractivity contribution in [3.8, 4) is 67.7 Å². The third-order valence-corrected chi connectivity index (χ3v) is 11.2. The number of aromatic nitrogens is 2. The summed E-state index contributed by atoms with van der Waals surface area (Å²) in [5.74, 6) is 2.50.